The number of hydrogen-bond acceptors (Lipinski definition) is 4. The number of nitrogens with one attached hydrogen (secondary N) is 1. The molecule has 0 spiro atoms. The fourth-order valence-corrected chi connectivity index (χ4v) is 4.48. The Morgan fingerprint density at radius 3 is 2.56 bits per heavy atom. The molecule has 1 N–H and O–H groups in total. The first-order chi connectivity index (χ1) is 16.9. The summed E-state index contributed by atoms with van der Waals surface area (Å²) in [5.74, 6) is -3.56. The highest BCUT2D eigenvalue weighted by Gasteiger charge is 2.44. The van der Waals surface area contributed by atoms with Crippen molar-refractivity contribution in [3.8, 4) is 5.75 Å². The molecule has 1 aromatic heterocycles. The molecule has 2 heterocycles. The molecule has 11 heteroatoms. The van der Waals surface area contributed by atoms with Gasteiger partial charge in [-0.2, -0.15) is 5.10 Å². The van der Waals surface area contributed by atoms with E-state index in [9.17, 15) is 27.2 Å². The predicted octanol–water partition coefficient (Wildman–Crippen LogP) is 5.03. The normalized spacial score (nSPS) is 17.8. The molecule has 0 unspecified atom stereocenters. The number of carbonyl (C=O) groups is 2. The number of nitrogens with zero attached hydrogens (tertiary/aromatic N) is 3. The van der Waals surface area contributed by atoms with Gasteiger partial charge in [0.25, 0.3) is 5.91 Å². The predicted molar refractivity (Wildman–Crippen MR) is 123 cm³/mol. The minimum absolute atomic E-state index is 0.0763. The molecule has 0 aliphatic carbocycles. The van der Waals surface area contributed by atoms with E-state index in [1.807, 2.05) is 13.8 Å². The molecule has 0 saturated carbocycles. The number of aryl methyl sites for hydroxylation is 1. The first-order valence-electron chi connectivity index (χ1n) is 11.2. The van der Waals surface area contributed by atoms with Crippen molar-refractivity contribution in [3.63, 3.8) is 0 Å². The van der Waals surface area contributed by atoms with Crippen LogP contribution < -0.4 is 10.1 Å². The molecule has 0 bridgehead atoms. The number of amides is 2. The lowest BCUT2D eigenvalue weighted by molar-refractivity contribution is -0.274. The Balaban J connectivity index is 1.78. The zero-order chi connectivity index (χ0) is 26.2. The number of aromatic nitrogens is 2. The first kappa shape index (κ1) is 25.2. The molecule has 36 heavy (non-hydrogen) atoms. The number of ether oxygens (including phenoxy) is 1. The van der Waals surface area contributed by atoms with Gasteiger partial charge in [-0.05, 0) is 23.6 Å². The van der Waals surface area contributed by atoms with Crippen molar-refractivity contribution in [2.75, 3.05) is 11.9 Å². The van der Waals surface area contributed by atoms with Crippen LogP contribution in [0.2, 0.25) is 0 Å². The number of fused-ring (bicyclic) bond motifs is 1. The van der Waals surface area contributed by atoms with Crippen molar-refractivity contribution in [2.45, 2.75) is 32.2 Å². The quantitative estimate of drug-likeness (QED) is 0.478. The third-order valence-electron chi connectivity index (χ3n) is 5.72. The third kappa shape index (κ3) is 5.34. The number of hydrogen-bond donors (Lipinski definition) is 1. The highest BCUT2D eigenvalue weighted by atomic mass is 19.4. The van der Waals surface area contributed by atoms with Gasteiger partial charge in [-0.3, -0.25) is 14.3 Å². The summed E-state index contributed by atoms with van der Waals surface area (Å²) in [4.78, 5) is 28.8. The molecule has 1 aliphatic rings. The van der Waals surface area contributed by atoms with E-state index in [1.165, 1.54) is 0 Å². The second kappa shape index (κ2) is 9.63. The van der Waals surface area contributed by atoms with Gasteiger partial charge in [-0.15, -0.1) is 13.2 Å². The maximum Gasteiger partial charge on any atom is 0.573 e. The third-order valence-corrected chi connectivity index (χ3v) is 5.72. The molecule has 3 aromatic rings. The van der Waals surface area contributed by atoms with Crippen molar-refractivity contribution in [2.24, 2.45) is 13.0 Å². The van der Waals surface area contributed by atoms with Gasteiger partial charge in [0, 0.05) is 48.7 Å². The summed E-state index contributed by atoms with van der Waals surface area (Å²) in [6.45, 7) is 4.23. The average molecular weight is 504 g/mol. The minimum atomic E-state index is -5.03. The van der Waals surface area contributed by atoms with Crippen LogP contribution in [0.25, 0.3) is 0 Å². The van der Waals surface area contributed by atoms with E-state index in [2.05, 4.69) is 15.2 Å². The van der Waals surface area contributed by atoms with Crippen LogP contribution in [-0.2, 0) is 11.8 Å². The van der Waals surface area contributed by atoms with E-state index >= 15 is 0 Å². The van der Waals surface area contributed by atoms with Crippen molar-refractivity contribution < 1.29 is 31.9 Å². The largest absolute Gasteiger partial charge is 0.573 e. The van der Waals surface area contributed by atoms with Gasteiger partial charge in [0.15, 0.2) is 0 Å². The lowest BCUT2D eigenvalue weighted by atomic mass is 9.79. The molecule has 190 valence electrons. The van der Waals surface area contributed by atoms with Gasteiger partial charge in [0.05, 0.1) is 18.2 Å². The lowest BCUT2D eigenvalue weighted by Crippen LogP contribution is -2.47. The monoisotopic (exact) mass is 504 g/mol. The SMILES string of the molecule is CC(C)CN1C(=O)c2ccccc2[C@@H](C(=O)Nc2cc(F)cc(OC(F)(F)F)c2)[C@@H]1c1cnn(C)c1. The summed E-state index contributed by atoms with van der Waals surface area (Å²) in [5.41, 5.74) is 1.20. The number of carbonyl (C=O) groups excluding carboxylic acids is 2. The van der Waals surface area contributed by atoms with E-state index < -0.39 is 35.8 Å². The van der Waals surface area contributed by atoms with Gasteiger partial charge < -0.3 is 15.0 Å². The Hall–Kier alpha value is -3.89. The van der Waals surface area contributed by atoms with Gasteiger partial charge in [0.1, 0.15) is 11.6 Å². The van der Waals surface area contributed by atoms with E-state index in [1.54, 1.807) is 53.3 Å². The highest BCUT2D eigenvalue weighted by Crippen LogP contribution is 2.43. The molecule has 0 radical (unpaired) electrons. The van der Waals surface area contributed by atoms with Crippen molar-refractivity contribution in [1.29, 1.82) is 0 Å². The Morgan fingerprint density at radius 1 is 1.19 bits per heavy atom. The zero-order valence-corrected chi connectivity index (χ0v) is 19.7. The Morgan fingerprint density at radius 2 is 1.92 bits per heavy atom. The summed E-state index contributed by atoms with van der Waals surface area (Å²) >= 11 is 0. The minimum Gasteiger partial charge on any atom is -0.406 e. The van der Waals surface area contributed by atoms with E-state index in [0.29, 0.717) is 29.3 Å². The summed E-state index contributed by atoms with van der Waals surface area (Å²) in [5, 5.41) is 6.72. The molecule has 2 aromatic carbocycles. The molecule has 2 atom stereocenters. The van der Waals surface area contributed by atoms with Crippen LogP contribution in [0.1, 0.15) is 47.3 Å². The van der Waals surface area contributed by atoms with E-state index in [-0.39, 0.29) is 17.5 Å². The van der Waals surface area contributed by atoms with Crippen LogP contribution in [0, 0.1) is 11.7 Å². The van der Waals surface area contributed by atoms with Crippen LogP contribution in [0.4, 0.5) is 23.2 Å². The Bertz CT molecular complexity index is 1290. The number of benzene rings is 2. The van der Waals surface area contributed by atoms with Crippen molar-refractivity contribution in [1.82, 2.24) is 14.7 Å². The summed E-state index contributed by atoms with van der Waals surface area (Å²) in [7, 11) is 1.71. The van der Waals surface area contributed by atoms with Crippen LogP contribution in [0.15, 0.2) is 54.9 Å². The van der Waals surface area contributed by atoms with Gasteiger partial charge in [-0.25, -0.2) is 4.39 Å². The van der Waals surface area contributed by atoms with E-state index in [4.69, 9.17) is 0 Å². The Kier molecular flexibility index (Phi) is 6.75. The van der Waals surface area contributed by atoms with Crippen molar-refractivity contribution in [3.05, 3.63) is 77.4 Å². The molecule has 1 aliphatic heterocycles. The molecule has 2 amide bonds. The fraction of sp³-hybridized carbons (Fsp3) is 0.320. The summed E-state index contributed by atoms with van der Waals surface area (Å²) < 4.78 is 57.5. The van der Waals surface area contributed by atoms with Crippen LogP contribution in [-0.4, -0.2) is 39.4 Å². The van der Waals surface area contributed by atoms with Crippen LogP contribution in [0.3, 0.4) is 0 Å². The smallest absolute Gasteiger partial charge is 0.406 e. The molecule has 4 rings (SSSR count). The topological polar surface area (TPSA) is 76.5 Å². The number of anilines is 1. The first-order valence-corrected chi connectivity index (χ1v) is 11.2. The summed E-state index contributed by atoms with van der Waals surface area (Å²) in [6.07, 6.45) is -1.76. The van der Waals surface area contributed by atoms with Crippen LogP contribution in [0.5, 0.6) is 5.75 Å². The molecule has 0 saturated heterocycles. The second-order valence-corrected chi connectivity index (χ2v) is 9.02. The molecular weight excluding hydrogens is 480 g/mol. The fourth-order valence-electron chi connectivity index (χ4n) is 4.48. The molecule has 7 nitrogen and oxygen atoms in total. The number of halogens is 4. The van der Waals surface area contributed by atoms with Gasteiger partial charge in [0.2, 0.25) is 5.91 Å². The standard InChI is InChI=1S/C25H24F4N4O3/c1-14(2)12-33-22(15-11-30-32(3)13-15)21(19-6-4-5-7-20(19)24(33)35)23(34)31-17-8-16(26)9-18(10-17)36-25(27,28)29/h4-11,13-14,21-22H,12H2,1-3H3,(H,31,34)/t21-,22+/m1/s1. The molecule has 0 fully saturated rings. The van der Waals surface area contributed by atoms with Crippen LogP contribution >= 0.6 is 0 Å². The van der Waals surface area contributed by atoms with E-state index in [0.717, 1.165) is 12.1 Å². The average Bonchev–Trinajstić information content (AvgIpc) is 3.19. The van der Waals surface area contributed by atoms with Gasteiger partial charge in [-0.1, -0.05) is 32.0 Å². The number of rotatable bonds is 6. The highest BCUT2D eigenvalue weighted by molar-refractivity contribution is 6.04. The second-order valence-electron chi connectivity index (χ2n) is 9.02. The van der Waals surface area contributed by atoms with Crippen molar-refractivity contribution >= 4 is 17.5 Å². The zero-order valence-electron chi connectivity index (χ0n) is 19.7. The maximum atomic E-state index is 14.1. The maximum absolute atomic E-state index is 14.1. The lowest BCUT2D eigenvalue weighted by Gasteiger charge is -2.42. The Labute approximate surface area is 204 Å². The summed E-state index contributed by atoms with van der Waals surface area (Å²) in [6, 6.07) is 8.29. The number of alkyl halides is 3. The molecular formula is C25H24F4N4O3. The van der Waals surface area contributed by atoms with Gasteiger partial charge >= 0.3 is 6.36 Å².